The summed E-state index contributed by atoms with van der Waals surface area (Å²) >= 11 is 0. The summed E-state index contributed by atoms with van der Waals surface area (Å²) in [5.74, 6) is -0.869. The van der Waals surface area contributed by atoms with E-state index in [1.807, 2.05) is 24.3 Å². The fourth-order valence-corrected chi connectivity index (χ4v) is 4.32. The molecule has 0 saturated heterocycles. The Morgan fingerprint density at radius 1 is 1.00 bits per heavy atom. The zero-order chi connectivity index (χ0) is 20.0. The van der Waals surface area contributed by atoms with Gasteiger partial charge in [0.15, 0.2) is 0 Å². The molecule has 0 radical (unpaired) electrons. The molecule has 0 amide bonds. The van der Waals surface area contributed by atoms with Gasteiger partial charge in [0.25, 0.3) is 0 Å². The van der Waals surface area contributed by atoms with Crippen LogP contribution in [0.15, 0.2) is 49.0 Å². The third-order valence-electron chi connectivity index (χ3n) is 6.39. The number of carboxylic acids is 1. The van der Waals surface area contributed by atoms with Crippen molar-refractivity contribution in [3.8, 4) is 0 Å². The molecule has 0 fully saturated rings. The third-order valence-corrected chi connectivity index (χ3v) is 6.39. The van der Waals surface area contributed by atoms with Crippen LogP contribution in [-0.2, 0) is 15.6 Å². The Morgan fingerprint density at radius 2 is 1.59 bits per heavy atom. The van der Waals surface area contributed by atoms with E-state index >= 15 is 0 Å². The number of fused-ring (bicyclic) bond motifs is 1. The van der Waals surface area contributed by atoms with Gasteiger partial charge in [-0.2, -0.15) is 0 Å². The lowest BCUT2D eigenvalue weighted by atomic mass is 9.62. The van der Waals surface area contributed by atoms with Crippen LogP contribution in [0.3, 0.4) is 0 Å². The third kappa shape index (κ3) is 3.45. The first-order chi connectivity index (χ1) is 12.5. The van der Waals surface area contributed by atoms with Gasteiger partial charge < -0.3 is 5.11 Å². The maximum atomic E-state index is 11.5. The molecule has 142 valence electrons. The minimum atomic E-state index is -0.969. The molecule has 0 aliphatic heterocycles. The van der Waals surface area contributed by atoms with Crippen LogP contribution in [0.4, 0.5) is 0 Å². The fraction of sp³-hybridized carbons (Fsp3) is 0.400. The van der Waals surface area contributed by atoms with Gasteiger partial charge in [-0.05, 0) is 51.5 Å². The van der Waals surface area contributed by atoms with Crippen molar-refractivity contribution in [2.75, 3.05) is 0 Å². The Balaban J connectivity index is 2.09. The molecule has 1 unspecified atom stereocenters. The van der Waals surface area contributed by atoms with Gasteiger partial charge in [0.2, 0.25) is 0 Å². The molecular weight excluding hydrogens is 332 g/mol. The van der Waals surface area contributed by atoms with Crippen LogP contribution in [0, 0.1) is 0 Å². The molecule has 3 rings (SSSR count). The first kappa shape index (κ1) is 19.4. The summed E-state index contributed by atoms with van der Waals surface area (Å²) in [6.07, 6.45) is 2.38. The molecule has 0 heterocycles. The minimum absolute atomic E-state index is 0.100. The molecule has 0 saturated carbocycles. The van der Waals surface area contributed by atoms with Gasteiger partial charge in [0.05, 0.1) is 5.57 Å². The van der Waals surface area contributed by atoms with Crippen LogP contribution in [0.1, 0.15) is 81.2 Å². The molecular formula is C25H30O2. The van der Waals surface area contributed by atoms with Crippen molar-refractivity contribution < 1.29 is 9.90 Å². The average Bonchev–Trinajstić information content (AvgIpc) is 2.64. The van der Waals surface area contributed by atoms with Gasteiger partial charge in [-0.25, -0.2) is 4.79 Å². The van der Waals surface area contributed by atoms with E-state index < -0.39 is 5.97 Å². The minimum Gasteiger partial charge on any atom is -0.478 e. The van der Waals surface area contributed by atoms with E-state index in [1.165, 1.54) is 29.5 Å². The van der Waals surface area contributed by atoms with Crippen LogP contribution < -0.4 is 0 Å². The predicted octanol–water partition coefficient (Wildman–Crippen LogP) is 6.29. The quantitative estimate of drug-likeness (QED) is 0.649. The standard InChI is InChI=1S/C25H30O2/c1-16(19-9-7-8-10-20(19)17(2)23(26)27)18-11-12-21-22(15-18)25(5,6)14-13-24(21,3)4/h7-12,15-16H,2,13-14H2,1,3-6H3,(H,26,27). The molecule has 2 heteroatoms. The molecule has 2 aromatic carbocycles. The average molecular weight is 363 g/mol. The molecule has 1 atom stereocenters. The molecule has 1 aliphatic rings. The van der Waals surface area contributed by atoms with E-state index in [4.69, 9.17) is 0 Å². The molecule has 27 heavy (non-hydrogen) atoms. The SMILES string of the molecule is C=C(C(=O)O)c1ccccc1C(C)c1ccc2c(c1)C(C)(C)CCC2(C)C. The van der Waals surface area contributed by atoms with Crippen LogP contribution >= 0.6 is 0 Å². The lowest BCUT2D eigenvalue weighted by molar-refractivity contribution is -0.130. The van der Waals surface area contributed by atoms with Crippen molar-refractivity contribution in [3.05, 3.63) is 76.9 Å². The monoisotopic (exact) mass is 362 g/mol. The topological polar surface area (TPSA) is 37.3 Å². The second-order valence-corrected chi connectivity index (χ2v) is 9.17. The van der Waals surface area contributed by atoms with Gasteiger partial charge in [0, 0.05) is 5.92 Å². The summed E-state index contributed by atoms with van der Waals surface area (Å²) in [6.45, 7) is 15.2. The van der Waals surface area contributed by atoms with Gasteiger partial charge in [-0.1, -0.05) is 83.7 Å². The summed E-state index contributed by atoms with van der Waals surface area (Å²) in [6, 6.07) is 14.6. The summed E-state index contributed by atoms with van der Waals surface area (Å²) in [4.78, 5) is 11.5. The van der Waals surface area contributed by atoms with Crippen LogP contribution in [0.25, 0.3) is 5.57 Å². The highest BCUT2D eigenvalue weighted by atomic mass is 16.4. The first-order valence-corrected chi connectivity index (χ1v) is 9.71. The van der Waals surface area contributed by atoms with Gasteiger partial charge in [0.1, 0.15) is 0 Å². The molecule has 0 aromatic heterocycles. The van der Waals surface area contributed by atoms with Crippen molar-refractivity contribution in [1.29, 1.82) is 0 Å². The molecule has 0 spiro atoms. The predicted molar refractivity (Wildman–Crippen MR) is 112 cm³/mol. The van der Waals surface area contributed by atoms with Crippen molar-refractivity contribution in [3.63, 3.8) is 0 Å². The van der Waals surface area contributed by atoms with Crippen LogP contribution in [0.2, 0.25) is 0 Å². The summed E-state index contributed by atoms with van der Waals surface area (Å²) in [5.41, 5.74) is 6.33. The zero-order valence-corrected chi connectivity index (χ0v) is 17.1. The van der Waals surface area contributed by atoms with Crippen molar-refractivity contribution in [1.82, 2.24) is 0 Å². The maximum Gasteiger partial charge on any atom is 0.335 e. The smallest absolute Gasteiger partial charge is 0.335 e. The lowest BCUT2D eigenvalue weighted by Crippen LogP contribution is -2.34. The fourth-order valence-electron chi connectivity index (χ4n) is 4.32. The number of hydrogen-bond donors (Lipinski definition) is 1. The summed E-state index contributed by atoms with van der Waals surface area (Å²) in [5, 5.41) is 9.40. The second-order valence-electron chi connectivity index (χ2n) is 9.17. The molecule has 2 aromatic rings. The number of carbonyl (C=O) groups is 1. The van der Waals surface area contributed by atoms with E-state index in [1.54, 1.807) is 0 Å². The summed E-state index contributed by atoms with van der Waals surface area (Å²) < 4.78 is 0. The van der Waals surface area contributed by atoms with Gasteiger partial charge in [-0.3, -0.25) is 0 Å². The van der Waals surface area contributed by atoms with E-state index in [9.17, 15) is 9.90 Å². The van der Waals surface area contributed by atoms with Gasteiger partial charge in [-0.15, -0.1) is 0 Å². The normalized spacial score (nSPS) is 18.4. The Kier molecular flexibility index (Phi) is 4.80. The lowest BCUT2D eigenvalue weighted by Gasteiger charge is -2.42. The van der Waals surface area contributed by atoms with E-state index in [-0.39, 0.29) is 22.3 Å². The highest BCUT2D eigenvalue weighted by Gasteiger charge is 2.37. The molecule has 2 nitrogen and oxygen atoms in total. The first-order valence-electron chi connectivity index (χ1n) is 9.71. The van der Waals surface area contributed by atoms with Crippen LogP contribution in [0.5, 0.6) is 0 Å². The number of carboxylic acid groups (broad SMARTS) is 1. The highest BCUT2D eigenvalue weighted by molar-refractivity contribution is 6.15. The molecule has 1 N–H and O–H groups in total. The van der Waals surface area contributed by atoms with Crippen LogP contribution in [-0.4, -0.2) is 11.1 Å². The molecule has 0 bridgehead atoms. The number of aliphatic carboxylic acids is 1. The largest absolute Gasteiger partial charge is 0.478 e. The van der Waals surface area contributed by atoms with E-state index in [2.05, 4.69) is 59.4 Å². The maximum absolute atomic E-state index is 11.5. The highest BCUT2D eigenvalue weighted by Crippen LogP contribution is 2.46. The van der Waals surface area contributed by atoms with E-state index in [0.29, 0.717) is 0 Å². The van der Waals surface area contributed by atoms with Crippen molar-refractivity contribution >= 4 is 11.5 Å². The summed E-state index contributed by atoms with van der Waals surface area (Å²) in [7, 11) is 0. The Bertz CT molecular complexity index is 902. The molecule has 1 aliphatic carbocycles. The number of benzene rings is 2. The second kappa shape index (κ2) is 6.67. The van der Waals surface area contributed by atoms with Crippen molar-refractivity contribution in [2.45, 2.75) is 64.2 Å². The van der Waals surface area contributed by atoms with Crippen molar-refractivity contribution in [2.24, 2.45) is 0 Å². The Morgan fingerprint density at radius 3 is 2.22 bits per heavy atom. The zero-order valence-electron chi connectivity index (χ0n) is 17.1. The number of hydrogen-bond acceptors (Lipinski definition) is 1. The Hall–Kier alpha value is -2.35. The number of rotatable bonds is 4. The van der Waals surface area contributed by atoms with Gasteiger partial charge >= 0.3 is 5.97 Å². The Labute approximate surface area is 162 Å². The van der Waals surface area contributed by atoms with E-state index in [0.717, 1.165) is 11.1 Å².